The van der Waals surface area contributed by atoms with E-state index in [0.29, 0.717) is 10.9 Å². The number of esters is 1. The second kappa shape index (κ2) is 6.38. The molecule has 0 saturated heterocycles. The van der Waals surface area contributed by atoms with Crippen LogP contribution in [0.25, 0.3) is 0 Å². The maximum atomic E-state index is 11.5. The first-order valence-corrected chi connectivity index (χ1v) is 6.93. The normalized spacial score (nSPS) is 10.5. The summed E-state index contributed by atoms with van der Waals surface area (Å²) in [5, 5.41) is 4.25. The van der Waals surface area contributed by atoms with Crippen molar-refractivity contribution in [3.63, 3.8) is 0 Å². The Balaban J connectivity index is 2.03. The number of carbonyl (C=O) groups excluding carboxylic acids is 1. The average molecular weight is 294 g/mol. The summed E-state index contributed by atoms with van der Waals surface area (Å²) in [5.41, 5.74) is 6.72. The zero-order valence-electron chi connectivity index (χ0n) is 11.1. The molecule has 20 heavy (non-hydrogen) atoms. The fourth-order valence-corrected chi connectivity index (χ4v) is 2.13. The van der Waals surface area contributed by atoms with Crippen LogP contribution in [0, 0.1) is 6.92 Å². The van der Waals surface area contributed by atoms with E-state index in [4.69, 9.17) is 15.0 Å². The Bertz CT molecular complexity index is 614. The van der Waals surface area contributed by atoms with Crippen molar-refractivity contribution >= 4 is 23.5 Å². The quantitative estimate of drug-likeness (QED) is 0.506. The maximum absolute atomic E-state index is 11.5. The monoisotopic (exact) mass is 294 g/mol. The lowest BCUT2D eigenvalue weighted by Crippen LogP contribution is -2.10. The fraction of sp³-hybridized carbons (Fsp3) is 0.333. The Morgan fingerprint density at radius 2 is 2.35 bits per heavy atom. The number of nitrogens with zero attached hydrogens (tertiary/aromatic N) is 3. The van der Waals surface area contributed by atoms with Crippen molar-refractivity contribution in [1.82, 2.24) is 15.1 Å². The van der Waals surface area contributed by atoms with Crippen molar-refractivity contribution in [1.29, 1.82) is 0 Å². The SMILES string of the molecule is CCOC(=O)c1cnc(SCc2cc(C)no2)nc1N. The van der Waals surface area contributed by atoms with Crippen LogP contribution in [0.1, 0.15) is 28.7 Å². The van der Waals surface area contributed by atoms with Crippen LogP contribution in [0.15, 0.2) is 21.9 Å². The molecule has 0 amide bonds. The Hall–Kier alpha value is -2.09. The standard InChI is InChI=1S/C12H14N4O3S/c1-3-18-11(17)9-5-14-12(15-10(9)13)20-6-8-4-7(2)16-19-8/h4-5H,3,6H2,1-2H3,(H2,13,14,15). The van der Waals surface area contributed by atoms with Crippen molar-refractivity contribution in [2.24, 2.45) is 0 Å². The van der Waals surface area contributed by atoms with E-state index in [1.165, 1.54) is 18.0 Å². The van der Waals surface area contributed by atoms with E-state index >= 15 is 0 Å². The van der Waals surface area contributed by atoms with Crippen LogP contribution >= 0.6 is 11.8 Å². The fourth-order valence-electron chi connectivity index (χ4n) is 1.43. The number of anilines is 1. The third-order valence-electron chi connectivity index (χ3n) is 2.31. The Labute approximate surface area is 119 Å². The van der Waals surface area contributed by atoms with Crippen molar-refractivity contribution < 1.29 is 14.1 Å². The van der Waals surface area contributed by atoms with Crippen molar-refractivity contribution in [2.75, 3.05) is 12.3 Å². The molecule has 0 bridgehead atoms. The summed E-state index contributed by atoms with van der Waals surface area (Å²) in [7, 11) is 0. The number of nitrogens with two attached hydrogens (primary N) is 1. The summed E-state index contributed by atoms with van der Waals surface area (Å²) in [6, 6.07) is 1.84. The number of nitrogen functional groups attached to an aromatic ring is 1. The van der Waals surface area contributed by atoms with Gasteiger partial charge in [0.05, 0.1) is 18.1 Å². The maximum Gasteiger partial charge on any atom is 0.343 e. The molecule has 0 radical (unpaired) electrons. The molecule has 7 nitrogen and oxygen atoms in total. The Morgan fingerprint density at radius 3 is 2.95 bits per heavy atom. The number of ether oxygens (including phenoxy) is 1. The van der Waals surface area contributed by atoms with Gasteiger partial charge < -0.3 is 15.0 Å². The zero-order chi connectivity index (χ0) is 14.5. The number of aryl methyl sites for hydroxylation is 1. The van der Waals surface area contributed by atoms with Gasteiger partial charge in [0.15, 0.2) is 5.16 Å². The van der Waals surface area contributed by atoms with Crippen LogP contribution < -0.4 is 5.73 Å². The van der Waals surface area contributed by atoms with Gasteiger partial charge in [-0.05, 0) is 13.8 Å². The molecule has 0 unspecified atom stereocenters. The highest BCUT2D eigenvalue weighted by Gasteiger charge is 2.14. The molecule has 0 atom stereocenters. The molecule has 8 heteroatoms. The lowest BCUT2D eigenvalue weighted by Gasteiger charge is -2.05. The molecule has 2 rings (SSSR count). The lowest BCUT2D eigenvalue weighted by atomic mass is 10.3. The summed E-state index contributed by atoms with van der Waals surface area (Å²) in [5.74, 6) is 0.852. The molecule has 0 spiro atoms. The minimum atomic E-state index is -0.521. The molecule has 2 aromatic heterocycles. The molecule has 106 valence electrons. The topological polar surface area (TPSA) is 104 Å². The molecule has 0 fully saturated rings. The van der Waals surface area contributed by atoms with Crippen LogP contribution in [0.4, 0.5) is 5.82 Å². The average Bonchev–Trinajstić information content (AvgIpc) is 2.82. The van der Waals surface area contributed by atoms with Gasteiger partial charge in [-0.25, -0.2) is 14.8 Å². The van der Waals surface area contributed by atoms with Crippen LogP contribution in [-0.2, 0) is 10.5 Å². The molecule has 0 aromatic carbocycles. The van der Waals surface area contributed by atoms with Crippen molar-refractivity contribution in [3.8, 4) is 0 Å². The van der Waals surface area contributed by atoms with Crippen LogP contribution in [0.2, 0.25) is 0 Å². The van der Waals surface area contributed by atoms with Gasteiger partial charge in [-0.1, -0.05) is 16.9 Å². The van der Waals surface area contributed by atoms with Crippen molar-refractivity contribution in [2.45, 2.75) is 24.8 Å². The third-order valence-corrected chi connectivity index (χ3v) is 3.20. The van der Waals surface area contributed by atoms with Gasteiger partial charge in [-0.15, -0.1) is 0 Å². The van der Waals surface area contributed by atoms with Crippen LogP contribution in [0.3, 0.4) is 0 Å². The van der Waals surface area contributed by atoms with Gasteiger partial charge in [0, 0.05) is 12.3 Å². The summed E-state index contributed by atoms with van der Waals surface area (Å²) in [4.78, 5) is 19.7. The number of thioether (sulfide) groups is 1. The van der Waals surface area contributed by atoms with E-state index in [2.05, 4.69) is 15.1 Å². The highest BCUT2D eigenvalue weighted by atomic mass is 32.2. The first kappa shape index (κ1) is 14.3. The summed E-state index contributed by atoms with van der Waals surface area (Å²) < 4.78 is 9.93. The van der Waals surface area contributed by atoms with E-state index in [-0.39, 0.29) is 18.0 Å². The number of rotatable bonds is 5. The van der Waals surface area contributed by atoms with E-state index < -0.39 is 5.97 Å². The van der Waals surface area contributed by atoms with E-state index in [9.17, 15) is 4.79 Å². The third kappa shape index (κ3) is 3.47. The summed E-state index contributed by atoms with van der Waals surface area (Å²) in [6.45, 7) is 3.85. The van der Waals surface area contributed by atoms with Gasteiger partial charge in [-0.2, -0.15) is 0 Å². The molecule has 2 aromatic rings. The van der Waals surface area contributed by atoms with Gasteiger partial charge in [-0.3, -0.25) is 0 Å². The van der Waals surface area contributed by atoms with E-state index in [1.54, 1.807) is 6.92 Å². The molecular formula is C12H14N4O3S. The first-order valence-electron chi connectivity index (χ1n) is 5.94. The first-order chi connectivity index (χ1) is 9.60. The van der Waals surface area contributed by atoms with Gasteiger partial charge in [0.2, 0.25) is 0 Å². The molecule has 0 aliphatic carbocycles. The number of hydrogen-bond donors (Lipinski definition) is 1. The molecular weight excluding hydrogens is 280 g/mol. The molecule has 2 heterocycles. The molecule has 0 aliphatic heterocycles. The number of hydrogen-bond acceptors (Lipinski definition) is 8. The zero-order valence-corrected chi connectivity index (χ0v) is 11.9. The second-order valence-corrected chi connectivity index (χ2v) is 4.84. The number of aromatic nitrogens is 3. The Kier molecular flexibility index (Phi) is 4.57. The largest absolute Gasteiger partial charge is 0.462 e. The Morgan fingerprint density at radius 1 is 1.55 bits per heavy atom. The predicted octanol–water partition coefficient (Wildman–Crippen LogP) is 1.82. The summed E-state index contributed by atoms with van der Waals surface area (Å²) >= 11 is 1.35. The minimum Gasteiger partial charge on any atom is -0.462 e. The lowest BCUT2D eigenvalue weighted by molar-refractivity contribution is 0.0526. The van der Waals surface area contributed by atoms with Gasteiger partial charge in [0.1, 0.15) is 17.1 Å². The van der Waals surface area contributed by atoms with Crippen LogP contribution in [0.5, 0.6) is 0 Å². The second-order valence-electron chi connectivity index (χ2n) is 3.90. The molecule has 2 N–H and O–H groups in total. The van der Waals surface area contributed by atoms with Crippen molar-refractivity contribution in [3.05, 3.63) is 29.3 Å². The van der Waals surface area contributed by atoms with E-state index in [1.807, 2.05) is 13.0 Å². The molecule has 0 aliphatic rings. The molecule has 0 saturated carbocycles. The predicted molar refractivity (Wildman–Crippen MR) is 73.2 cm³/mol. The highest BCUT2D eigenvalue weighted by molar-refractivity contribution is 7.98. The smallest absolute Gasteiger partial charge is 0.343 e. The van der Waals surface area contributed by atoms with Gasteiger partial charge >= 0.3 is 5.97 Å². The van der Waals surface area contributed by atoms with Gasteiger partial charge in [0.25, 0.3) is 0 Å². The summed E-state index contributed by atoms with van der Waals surface area (Å²) in [6.07, 6.45) is 1.37. The number of carbonyl (C=O) groups is 1. The highest BCUT2D eigenvalue weighted by Crippen LogP contribution is 2.21. The minimum absolute atomic E-state index is 0.106. The van der Waals surface area contributed by atoms with Crippen LogP contribution in [-0.4, -0.2) is 27.7 Å². The van der Waals surface area contributed by atoms with E-state index in [0.717, 1.165) is 11.5 Å².